The van der Waals surface area contributed by atoms with E-state index in [1.54, 1.807) is 6.20 Å². The van der Waals surface area contributed by atoms with Crippen LogP contribution in [-0.2, 0) is 6.54 Å². The molecule has 1 saturated heterocycles. The van der Waals surface area contributed by atoms with Crippen LogP contribution in [0.1, 0.15) is 32.6 Å². The molecule has 19 heavy (non-hydrogen) atoms. The molecule has 1 fully saturated rings. The van der Waals surface area contributed by atoms with Gasteiger partial charge in [-0.25, -0.2) is 4.68 Å². The second-order valence-electron chi connectivity index (χ2n) is 4.79. The number of halogens is 1. The van der Waals surface area contributed by atoms with E-state index in [2.05, 4.69) is 33.3 Å². The van der Waals surface area contributed by atoms with Crippen LogP contribution in [0, 0.1) is 0 Å². The second kappa shape index (κ2) is 7.33. The Morgan fingerprint density at radius 2 is 2.26 bits per heavy atom. The summed E-state index contributed by atoms with van der Waals surface area (Å²) in [5.74, 6) is 2.38. The van der Waals surface area contributed by atoms with Crippen LogP contribution >= 0.6 is 27.7 Å². The van der Waals surface area contributed by atoms with Gasteiger partial charge in [0.05, 0.1) is 11.9 Å². The molecular weight excluding hydrogens is 326 g/mol. The molecule has 0 aromatic carbocycles. The standard InChI is InChI=1S/C13H20BrN3OS/c1-2-3-6-17-13(18)12(14)11(9-15-17)16-10-4-7-19-8-5-10/h9-10,16H,2-8H2,1H3. The number of anilines is 1. The fourth-order valence-corrected chi connectivity index (χ4v) is 3.62. The highest BCUT2D eigenvalue weighted by Gasteiger charge is 2.16. The first kappa shape index (κ1) is 14.9. The van der Waals surface area contributed by atoms with Gasteiger partial charge >= 0.3 is 0 Å². The zero-order valence-electron chi connectivity index (χ0n) is 11.2. The zero-order chi connectivity index (χ0) is 13.7. The summed E-state index contributed by atoms with van der Waals surface area (Å²) in [6.45, 7) is 2.80. The smallest absolute Gasteiger partial charge is 0.283 e. The van der Waals surface area contributed by atoms with Gasteiger partial charge in [0.15, 0.2) is 0 Å². The van der Waals surface area contributed by atoms with E-state index < -0.39 is 0 Å². The first-order valence-electron chi connectivity index (χ1n) is 6.82. The second-order valence-corrected chi connectivity index (χ2v) is 6.80. The number of nitrogens with zero attached hydrogens (tertiary/aromatic N) is 2. The number of unbranched alkanes of at least 4 members (excludes halogenated alkanes) is 1. The van der Waals surface area contributed by atoms with Gasteiger partial charge in [-0.15, -0.1) is 0 Å². The van der Waals surface area contributed by atoms with Crippen molar-refractivity contribution in [3.05, 3.63) is 21.0 Å². The lowest BCUT2D eigenvalue weighted by Gasteiger charge is -2.24. The van der Waals surface area contributed by atoms with Crippen molar-refractivity contribution in [3.63, 3.8) is 0 Å². The Morgan fingerprint density at radius 3 is 2.95 bits per heavy atom. The molecule has 4 nitrogen and oxygen atoms in total. The molecule has 0 aliphatic carbocycles. The van der Waals surface area contributed by atoms with Gasteiger partial charge in [0.25, 0.3) is 5.56 Å². The van der Waals surface area contributed by atoms with Gasteiger partial charge in [0, 0.05) is 12.6 Å². The quantitative estimate of drug-likeness (QED) is 0.890. The van der Waals surface area contributed by atoms with Gasteiger partial charge in [-0.1, -0.05) is 13.3 Å². The SMILES string of the molecule is CCCCn1ncc(NC2CCSCC2)c(Br)c1=O. The van der Waals surface area contributed by atoms with Crippen LogP contribution in [0.15, 0.2) is 15.5 Å². The summed E-state index contributed by atoms with van der Waals surface area (Å²) in [5, 5.41) is 7.69. The molecule has 2 heterocycles. The van der Waals surface area contributed by atoms with Gasteiger partial charge in [-0.2, -0.15) is 16.9 Å². The summed E-state index contributed by atoms with van der Waals surface area (Å²) in [4.78, 5) is 12.1. The average Bonchev–Trinajstić information content (AvgIpc) is 2.44. The Bertz CT molecular complexity index is 471. The van der Waals surface area contributed by atoms with E-state index in [9.17, 15) is 4.79 Å². The van der Waals surface area contributed by atoms with Crippen molar-refractivity contribution in [2.24, 2.45) is 0 Å². The lowest BCUT2D eigenvalue weighted by atomic mass is 10.1. The van der Waals surface area contributed by atoms with Gasteiger partial charge < -0.3 is 5.32 Å². The molecule has 1 aromatic rings. The third-order valence-corrected chi connectivity index (χ3v) is 5.10. The normalized spacial score (nSPS) is 16.5. The summed E-state index contributed by atoms with van der Waals surface area (Å²) < 4.78 is 2.15. The molecule has 0 spiro atoms. The summed E-state index contributed by atoms with van der Waals surface area (Å²) in [7, 11) is 0. The number of aryl methyl sites for hydroxylation is 1. The fourth-order valence-electron chi connectivity index (χ4n) is 2.09. The summed E-state index contributed by atoms with van der Waals surface area (Å²) in [6.07, 6.45) is 6.10. The summed E-state index contributed by atoms with van der Waals surface area (Å²) in [6, 6.07) is 0.463. The molecule has 0 saturated carbocycles. The Balaban J connectivity index is 2.09. The maximum atomic E-state index is 12.1. The van der Waals surface area contributed by atoms with Crippen LogP contribution in [0.25, 0.3) is 0 Å². The van der Waals surface area contributed by atoms with E-state index >= 15 is 0 Å². The molecule has 1 N–H and O–H groups in total. The predicted molar refractivity (Wildman–Crippen MR) is 85.1 cm³/mol. The molecule has 0 unspecified atom stereocenters. The minimum atomic E-state index is -0.0383. The van der Waals surface area contributed by atoms with Crippen molar-refractivity contribution >= 4 is 33.4 Å². The molecule has 0 atom stereocenters. The predicted octanol–water partition coefficient (Wildman–Crippen LogP) is 3.11. The third kappa shape index (κ3) is 3.99. The molecule has 1 aliphatic rings. The first-order chi connectivity index (χ1) is 9.22. The van der Waals surface area contributed by atoms with Crippen LogP contribution in [-0.4, -0.2) is 27.3 Å². The van der Waals surface area contributed by atoms with E-state index in [1.807, 2.05) is 11.8 Å². The zero-order valence-corrected chi connectivity index (χ0v) is 13.6. The van der Waals surface area contributed by atoms with Crippen LogP contribution < -0.4 is 10.9 Å². The van der Waals surface area contributed by atoms with E-state index in [1.165, 1.54) is 16.2 Å². The number of hydrogen-bond donors (Lipinski definition) is 1. The number of thioether (sulfide) groups is 1. The average molecular weight is 346 g/mol. The van der Waals surface area contributed by atoms with Crippen LogP contribution in [0.2, 0.25) is 0 Å². The lowest BCUT2D eigenvalue weighted by Crippen LogP contribution is -2.28. The van der Waals surface area contributed by atoms with E-state index in [0.29, 0.717) is 17.1 Å². The van der Waals surface area contributed by atoms with Crippen molar-refractivity contribution in [3.8, 4) is 0 Å². The van der Waals surface area contributed by atoms with Crippen molar-refractivity contribution in [2.75, 3.05) is 16.8 Å². The molecule has 2 rings (SSSR count). The van der Waals surface area contributed by atoms with E-state index in [0.717, 1.165) is 31.4 Å². The largest absolute Gasteiger partial charge is 0.380 e. The third-order valence-electron chi connectivity index (χ3n) is 3.29. The van der Waals surface area contributed by atoms with Crippen molar-refractivity contribution in [1.29, 1.82) is 0 Å². The highest BCUT2D eigenvalue weighted by atomic mass is 79.9. The Labute approximate surface area is 126 Å². The van der Waals surface area contributed by atoms with Gasteiger partial charge in [-0.3, -0.25) is 4.79 Å². The fraction of sp³-hybridized carbons (Fsp3) is 0.692. The number of hydrogen-bond acceptors (Lipinski definition) is 4. The van der Waals surface area contributed by atoms with E-state index in [-0.39, 0.29) is 5.56 Å². The van der Waals surface area contributed by atoms with Gasteiger partial charge in [0.2, 0.25) is 0 Å². The first-order valence-corrected chi connectivity index (χ1v) is 8.77. The minimum absolute atomic E-state index is 0.0383. The Kier molecular flexibility index (Phi) is 5.76. The molecule has 106 valence electrons. The molecule has 1 aliphatic heterocycles. The lowest BCUT2D eigenvalue weighted by molar-refractivity contribution is 0.540. The Morgan fingerprint density at radius 1 is 1.53 bits per heavy atom. The van der Waals surface area contributed by atoms with Crippen LogP contribution in [0.3, 0.4) is 0 Å². The topological polar surface area (TPSA) is 46.9 Å². The molecule has 1 aromatic heterocycles. The number of nitrogens with one attached hydrogen (secondary N) is 1. The van der Waals surface area contributed by atoms with Gasteiger partial charge in [0.1, 0.15) is 4.47 Å². The van der Waals surface area contributed by atoms with Crippen LogP contribution in [0.4, 0.5) is 5.69 Å². The molecule has 0 amide bonds. The van der Waals surface area contributed by atoms with Crippen molar-refractivity contribution in [1.82, 2.24) is 9.78 Å². The molecule has 0 radical (unpaired) electrons. The minimum Gasteiger partial charge on any atom is -0.380 e. The molecular formula is C13H20BrN3OS. The van der Waals surface area contributed by atoms with Gasteiger partial charge in [-0.05, 0) is 46.7 Å². The van der Waals surface area contributed by atoms with Crippen molar-refractivity contribution in [2.45, 2.75) is 45.2 Å². The molecule has 0 bridgehead atoms. The molecule has 6 heteroatoms. The maximum absolute atomic E-state index is 12.1. The summed E-state index contributed by atoms with van der Waals surface area (Å²) >= 11 is 5.40. The maximum Gasteiger partial charge on any atom is 0.283 e. The summed E-state index contributed by atoms with van der Waals surface area (Å²) in [5.41, 5.74) is 0.790. The van der Waals surface area contributed by atoms with E-state index in [4.69, 9.17) is 0 Å². The monoisotopic (exact) mass is 345 g/mol. The Hall–Kier alpha value is -0.490. The highest BCUT2D eigenvalue weighted by molar-refractivity contribution is 9.10. The number of aromatic nitrogens is 2. The highest BCUT2D eigenvalue weighted by Crippen LogP contribution is 2.23. The van der Waals surface area contributed by atoms with Crippen molar-refractivity contribution < 1.29 is 0 Å². The number of rotatable bonds is 5. The van der Waals surface area contributed by atoms with Crippen LogP contribution in [0.5, 0.6) is 0 Å².